The predicted molar refractivity (Wildman–Crippen MR) is 129 cm³/mol. The summed E-state index contributed by atoms with van der Waals surface area (Å²) < 4.78 is 0. The van der Waals surface area contributed by atoms with Gasteiger partial charge in [0.25, 0.3) is 0 Å². The van der Waals surface area contributed by atoms with E-state index in [2.05, 4.69) is 60.3 Å². The van der Waals surface area contributed by atoms with Crippen LogP contribution in [0.2, 0.25) is 0 Å². The number of rotatable bonds is 0. The summed E-state index contributed by atoms with van der Waals surface area (Å²) >= 11 is 0. The summed E-state index contributed by atoms with van der Waals surface area (Å²) in [6.07, 6.45) is 13.1. The van der Waals surface area contributed by atoms with Gasteiger partial charge in [-0.3, -0.25) is 0 Å². The summed E-state index contributed by atoms with van der Waals surface area (Å²) in [6.45, 7) is 17.5. The van der Waals surface area contributed by atoms with Gasteiger partial charge in [0.05, 0.1) is 6.10 Å². The summed E-state index contributed by atoms with van der Waals surface area (Å²) in [7, 11) is 0. The van der Waals surface area contributed by atoms with Crippen molar-refractivity contribution >= 4 is 0 Å². The molecule has 0 bridgehead atoms. The lowest BCUT2D eigenvalue weighted by Gasteiger charge is -2.72. The van der Waals surface area contributed by atoms with Gasteiger partial charge >= 0.3 is 0 Å². The minimum absolute atomic E-state index is 0.0600. The fraction of sp³-hybridized carbons (Fsp3) is 0.933. The zero-order chi connectivity index (χ0) is 22.4. The topological polar surface area (TPSA) is 20.2 Å². The standard InChI is InChI=1S/C30H48O/c1-8-14-30-17-11-20(2)25(30)21-9-10-23-27(5)15-13-24(31)26(3,4)22(27)12-16-29(23,7)28(21,6)18-19-30/h20-25,31H,9-13,15-19H2,1-7H3/t20-,21-,22+,23-,24+,25-,27+,28-,29-,30-/m1/s1. The lowest BCUT2D eigenvalue weighted by Crippen LogP contribution is -2.66. The van der Waals surface area contributed by atoms with E-state index in [1.807, 2.05) is 0 Å². The van der Waals surface area contributed by atoms with Gasteiger partial charge in [-0.2, -0.15) is 0 Å². The van der Waals surface area contributed by atoms with E-state index in [-0.39, 0.29) is 11.5 Å². The molecule has 0 amide bonds. The number of hydrogen-bond acceptors (Lipinski definition) is 1. The molecule has 0 radical (unpaired) electrons. The Kier molecular flexibility index (Phi) is 4.88. The molecule has 5 fully saturated rings. The van der Waals surface area contributed by atoms with Crippen molar-refractivity contribution in [1.82, 2.24) is 0 Å². The van der Waals surface area contributed by atoms with Crippen LogP contribution in [-0.2, 0) is 0 Å². The Morgan fingerprint density at radius 1 is 0.742 bits per heavy atom. The van der Waals surface area contributed by atoms with Crippen LogP contribution in [0.3, 0.4) is 0 Å². The van der Waals surface area contributed by atoms with Crippen molar-refractivity contribution in [3.63, 3.8) is 0 Å². The van der Waals surface area contributed by atoms with Crippen LogP contribution in [0.5, 0.6) is 0 Å². The van der Waals surface area contributed by atoms with Gasteiger partial charge in [0.1, 0.15) is 0 Å². The van der Waals surface area contributed by atoms with Crippen LogP contribution in [0, 0.1) is 68.5 Å². The molecule has 0 aliphatic heterocycles. The highest BCUT2D eigenvalue weighted by atomic mass is 16.3. The first kappa shape index (κ1) is 22.3. The number of hydrogen-bond donors (Lipinski definition) is 1. The maximum absolute atomic E-state index is 10.9. The molecule has 5 aliphatic rings. The van der Waals surface area contributed by atoms with Crippen LogP contribution in [0.4, 0.5) is 0 Å². The lowest BCUT2D eigenvalue weighted by molar-refractivity contribution is -0.244. The van der Waals surface area contributed by atoms with Gasteiger partial charge in [0.2, 0.25) is 0 Å². The van der Waals surface area contributed by atoms with Crippen molar-refractivity contribution in [2.45, 2.75) is 119 Å². The Morgan fingerprint density at radius 2 is 1.48 bits per heavy atom. The molecule has 1 heteroatoms. The lowest BCUT2D eigenvalue weighted by atomic mass is 9.32. The molecule has 5 aliphatic carbocycles. The quantitative estimate of drug-likeness (QED) is 0.400. The Balaban J connectivity index is 1.55. The third-order valence-electron chi connectivity index (χ3n) is 13.1. The summed E-state index contributed by atoms with van der Waals surface area (Å²) in [5.41, 5.74) is 1.66. The Bertz CT molecular complexity index is 801. The second-order valence-electron chi connectivity index (χ2n) is 14.1. The first-order chi connectivity index (χ1) is 14.5. The maximum Gasteiger partial charge on any atom is 0.0594 e. The molecule has 0 aromatic carbocycles. The molecule has 10 atom stereocenters. The first-order valence-electron chi connectivity index (χ1n) is 13.6. The molecule has 0 spiro atoms. The van der Waals surface area contributed by atoms with Crippen LogP contribution in [0.1, 0.15) is 113 Å². The fourth-order valence-corrected chi connectivity index (χ4v) is 11.4. The second-order valence-corrected chi connectivity index (χ2v) is 14.1. The summed E-state index contributed by atoms with van der Waals surface area (Å²) in [6, 6.07) is 0. The highest BCUT2D eigenvalue weighted by Gasteiger charge is 2.70. The molecule has 5 rings (SSSR count). The van der Waals surface area contributed by atoms with Crippen molar-refractivity contribution < 1.29 is 5.11 Å². The van der Waals surface area contributed by atoms with E-state index in [0.29, 0.717) is 27.6 Å². The Labute approximate surface area is 192 Å². The second kappa shape index (κ2) is 6.78. The van der Waals surface area contributed by atoms with Crippen LogP contribution < -0.4 is 0 Å². The van der Waals surface area contributed by atoms with Gasteiger partial charge < -0.3 is 5.11 Å². The van der Waals surface area contributed by atoms with Gasteiger partial charge in [0.15, 0.2) is 0 Å². The van der Waals surface area contributed by atoms with E-state index in [1.165, 1.54) is 57.8 Å². The zero-order valence-corrected chi connectivity index (χ0v) is 21.5. The molecule has 31 heavy (non-hydrogen) atoms. The van der Waals surface area contributed by atoms with E-state index in [1.54, 1.807) is 0 Å². The predicted octanol–water partition coefficient (Wildman–Crippen LogP) is 7.47. The molecule has 174 valence electrons. The van der Waals surface area contributed by atoms with E-state index < -0.39 is 0 Å². The van der Waals surface area contributed by atoms with E-state index in [0.717, 1.165) is 30.1 Å². The van der Waals surface area contributed by atoms with Crippen molar-refractivity contribution in [2.24, 2.45) is 56.7 Å². The maximum atomic E-state index is 10.9. The zero-order valence-electron chi connectivity index (χ0n) is 21.5. The molecule has 0 aromatic heterocycles. The summed E-state index contributed by atoms with van der Waals surface area (Å²) in [5, 5.41) is 10.9. The SMILES string of the molecule is CC#C[C@]12CC[C@@H](C)[C@@H]1[C@H]1CC[C@@H]3[C@@]4(C)CC[C@H](O)C(C)(C)[C@@H]4CC[C@@]3(C)[C@]1(C)CC2. The first-order valence-corrected chi connectivity index (χ1v) is 13.6. The third kappa shape index (κ3) is 2.61. The van der Waals surface area contributed by atoms with Gasteiger partial charge in [0, 0.05) is 5.41 Å². The summed E-state index contributed by atoms with van der Waals surface area (Å²) in [4.78, 5) is 0. The van der Waals surface area contributed by atoms with Gasteiger partial charge in [-0.15, -0.1) is 5.92 Å². The number of fused-ring (bicyclic) bond motifs is 7. The molecule has 1 nitrogen and oxygen atoms in total. The molecular weight excluding hydrogens is 376 g/mol. The Hall–Kier alpha value is -0.480. The molecule has 0 heterocycles. The van der Waals surface area contributed by atoms with Crippen molar-refractivity contribution in [2.75, 3.05) is 0 Å². The summed E-state index contributed by atoms with van der Waals surface area (Å²) in [5.74, 6) is 11.2. The van der Waals surface area contributed by atoms with Crippen LogP contribution in [-0.4, -0.2) is 11.2 Å². The van der Waals surface area contributed by atoms with Crippen molar-refractivity contribution in [1.29, 1.82) is 0 Å². The minimum Gasteiger partial charge on any atom is -0.393 e. The van der Waals surface area contributed by atoms with Crippen LogP contribution in [0.15, 0.2) is 0 Å². The smallest absolute Gasteiger partial charge is 0.0594 e. The average Bonchev–Trinajstić information content (AvgIpc) is 3.03. The normalized spacial score (nSPS) is 57.5. The monoisotopic (exact) mass is 424 g/mol. The van der Waals surface area contributed by atoms with Gasteiger partial charge in [-0.25, -0.2) is 0 Å². The highest BCUT2D eigenvalue weighted by Crippen LogP contribution is 2.77. The van der Waals surface area contributed by atoms with E-state index in [9.17, 15) is 5.11 Å². The Morgan fingerprint density at radius 3 is 2.19 bits per heavy atom. The van der Waals surface area contributed by atoms with Crippen LogP contribution >= 0.6 is 0 Å². The largest absolute Gasteiger partial charge is 0.393 e. The number of aliphatic hydroxyl groups is 1. The van der Waals surface area contributed by atoms with Crippen molar-refractivity contribution in [3.8, 4) is 11.8 Å². The molecular formula is C30H48O. The van der Waals surface area contributed by atoms with E-state index >= 15 is 0 Å². The minimum atomic E-state index is -0.121. The fourth-order valence-electron chi connectivity index (χ4n) is 11.4. The van der Waals surface area contributed by atoms with Crippen LogP contribution in [0.25, 0.3) is 0 Å². The highest BCUT2D eigenvalue weighted by molar-refractivity contribution is 5.24. The van der Waals surface area contributed by atoms with Crippen molar-refractivity contribution in [3.05, 3.63) is 0 Å². The number of aliphatic hydroxyl groups excluding tert-OH is 1. The molecule has 0 unspecified atom stereocenters. The van der Waals surface area contributed by atoms with E-state index in [4.69, 9.17) is 0 Å². The molecule has 5 saturated carbocycles. The third-order valence-corrected chi connectivity index (χ3v) is 13.1. The molecule has 1 N–H and O–H groups in total. The molecule has 0 saturated heterocycles. The molecule has 0 aromatic rings. The van der Waals surface area contributed by atoms with Gasteiger partial charge in [-0.05, 0) is 122 Å². The average molecular weight is 425 g/mol. The van der Waals surface area contributed by atoms with Gasteiger partial charge in [-0.1, -0.05) is 47.5 Å².